The van der Waals surface area contributed by atoms with E-state index in [-0.39, 0.29) is 12.1 Å². The van der Waals surface area contributed by atoms with Crippen LogP contribution in [0.3, 0.4) is 0 Å². The van der Waals surface area contributed by atoms with Crippen LogP contribution in [0, 0.1) is 5.92 Å². The molecule has 7 heteroatoms. The largest absolute Gasteiger partial charge is 0.444 e. The van der Waals surface area contributed by atoms with Gasteiger partial charge in [0.15, 0.2) is 5.96 Å². The van der Waals surface area contributed by atoms with Crippen LogP contribution in [0.5, 0.6) is 0 Å². The van der Waals surface area contributed by atoms with Crippen molar-refractivity contribution in [3.8, 4) is 0 Å². The second-order valence-electron chi connectivity index (χ2n) is 9.84. The van der Waals surface area contributed by atoms with Crippen LogP contribution in [0.15, 0.2) is 4.99 Å². The zero-order valence-corrected chi connectivity index (χ0v) is 19.7. The number of likely N-dealkylation sites (tertiary alicyclic amines) is 1. The molecule has 0 bridgehead atoms. The highest BCUT2D eigenvalue weighted by molar-refractivity contribution is 5.80. The first-order valence-electron chi connectivity index (χ1n) is 11.3. The lowest BCUT2D eigenvalue weighted by molar-refractivity contribution is 0.00928. The van der Waals surface area contributed by atoms with E-state index in [9.17, 15) is 4.79 Å². The van der Waals surface area contributed by atoms with Crippen molar-refractivity contribution in [2.45, 2.75) is 78.0 Å². The molecule has 7 nitrogen and oxygen atoms in total. The summed E-state index contributed by atoms with van der Waals surface area (Å²) in [6, 6.07) is 0.798. The molecule has 1 aliphatic carbocycles. The molecule has 168 valence electrons. The van der Waals surface area contributed by atoms with Crippen LogP contribution < -0.4 is 5.32 Å². The summed E-state index contributed by atoms with van der Waals surface area (Å²) < 4.78 is 5.70. The maximum absolute atomic E-state index is 12.8. The predicted molar refractivity (Wildman–Crippen MR) is 119 cm³/mol. The van der Waals surface area contributed by atoms with Crippen LogP contribution in [0.2, 0.25) is 0 Å². The van der Waals surface area contributed by atoms with Crippen molar-refractivity contribution in [1.82, 2.24) is 20.0 Å². The highest BCUT2D eigenvalue weighted by Gasteiger charge is 2.35. The first-order chi connectivity index (χ1) is 13.6. The number of ether oxygens (including phenoxy) is 1. The second-order valence-corrected chi connectivity index (χ2v) is 9.84. The fourth-order valence-corrected chi connectivity index (χ4v) is 3.60. The molecule has 0 aromatic heterocycles. The molecule has 0 aromatic carbocycles. The molecule has 0 aromatic rings. The van der Waals surface area contributed by atoms with Crippen LogP contribution in [0.1, 0.15) is 60.3 Å². The molecule has 1 saturated heterocycles. The van der Waals surface area contributed by atoms with Gasteiger partial charge in [0.2, 0.25) is 0 Å². The lowest BCUT2D eigenvalue weighted by Gasteiger charge is -2.40. The second kappa shape index (κ2) is 10.5. The lowest BCUT2D eigenvalue weighted by atomic mass is 10.0. The number of amides is 1. The van der Waals surface area contributed by atoms with Gasteiger partial charge < -0.3 is 24.8 Å². The zero-order valence-electron chi connectivity index (χ0n) is 19.7. The van der Waals surface area contributed by atoms with E-state index in [4.69, 9.17) is 4.74 Å². The molecule has 2 rings (SSSR count). The molecule has 1 amide bonds. The third-order valence-electron chi connectivity index (χ3n) is 5.83. The molecule has 0 spiro atoms. The van der Waals surface area contributed by atoms with Gasteiger partial charge in [-0.3, -0.25) is 4.99 Å². The van der Waals surface area contributed by atoms with Crippen LogP contribution in [-0.4, -0.2) is 91.3 Å². The van der Waals surface area contributed by atoms with Gasteiger partial charge in [-0.1, -0.05) is 0 Å². The normalized spacial score (nSPS) is 19.1. The van der Waals surface area contributed by atoms with Gasteiger partial charge in [-0.25, -0.2) is 4.79 Å². The third kappa shape index (κ3) is 8.03. The first kappa shape index (κ1) is 23.8. The zero-order chi connectivity index (χ0) is 21.6. The van der Waals surface area contributed by atoms with Crippen molar-refractivity contribution < 1.29 is 9.53 Å². The smallest absolute Gasteiger partial charge is 0.410 e. The van der Waals surface area contributed by atoms with Gasteiger partial charge in [-0.2, -0.15) is 0 Å². The van der Waals surface area contributed by atoms with Gasteiger partial charge in [0.25, 0.3) is 0 Å². The summed E-state index contributed by atoms with van der Waals surface area (Å²) in [7, 11) is 3.99. The van der Waals surface area contributed by atoms with Crippen molar-refractivity contribution in [3.05, 3.63) is 0 Å². The standard InChI is InChI=1S/C22H43N5O2/c1-17(2)25(7)15-12-24-20(23-6)26-13-10-19(11-14-26)27(16-18-8-9-18)21(28)29-22(3,4)5/h17-19H,8-16H2,1-7H3,(H,23,24). The fraction of sp³-hybridized carbons (Fsp3) is 0.909. The molecule has 29 heavy (non-hydrogen) atoms. The molecule has 1 saturated carbocycles. The van der Waals surface area contributed by atoms with Crippen LogP contribution in [-0.2, 0) is 4.74 Å². The van der Waals surface area contributed by atoms with E-state index in [1.807, 2.05) is 32.7 Å². The Morgan fingerprint density at radius 2 is 1.83 bits per heavy atom. The number of carbonyl (C=O) groups excluding carboxylic acids is 1. The van der Waals surface area contributed by atoms with Gasteiger partial charge in [0.1, 0.15) is 5.60 Å². The molecule has 0 atom stereocenters. The Bertz CT molecular complexity index is 546. The van der Waals surface area contributed by atoms with Gasteiger partial charge in [-0.15, -0.1) is 0 Å². The summed E-state index contributed by atoms with van der Waals surface area (Å²) in [6.45, 7) is 14.8. The molecular formula is C22H43N5O2. The minimum atomic E-state index is -0.450. The van der Waals surface area contributed by atoms with Gasteiger partial charge >= 0.3 is 6.09 Å². The number of nitrogens with one attached hydrogen (secondary N) is 1. The Balaban J connectivity index is 1.86. The van der Waals surface area contributed by atoms with Crippen molar-refractivity contribution in [2.24, 2.45) is 10.9 Å². The van der Waals surface area contributed by atoms with Crippen LogP contribution in [0.25, 0.3) is 0 Å². The average molecular weight is 410 g/mol. The summed E-state index contributed by atoms with van der Waals surface area (Å²) >= 11 is 0. The Morgan fingerprint density at radius 3 is 2.31 bits per heavy atom. The van der Waals surface area contributed by atoms with E-state index in [1.165, 1.54) is 12.8 Å². The molecule has 2 fully saturated rings. The average Bonchev–Trinajstić information content (AvgIpc) is 3.46. The maximum atomic E-state index is 12.8. The topological polar surface area (TPSA) is 60.4 Å². The number of carbonyl (C=O) groups is 1. The Kier molecular flexibility index (Phi) is 8.61. The molecule has 1 N–H and O–H groups in total. The molecular weight excluding hydrogens is 366 g/mol. The Hall–Kier alpha value is -1.50. The quantitative estimate of drug-likeness (QED) is 0.517. The van der Waals surface area contributed by atoms with E-state index in [0.717, 1.165) is 51.5 Å². The first-order valence-corrected chi connectivity index (χ1v) is 11.3. The maximum Gasteiger partial charge on any atom is 0.410 e. The number of rotatable bonds is 7. The molecule has 0 radical (unpaired) electrons. The fourth-order valence-electron chi connectivity index (χ4n) is 3.60. The summed E-state index contributed by atoms with van der Waals surface area (Å²) in [5.41, 5.74) is -0.450. The Morgan fingerprint density at radius 1 is 1.21 bits per heavy atom. The SMILES string of the molecule is CN=C(NCCN(C)C(C)C)N1CCC(N(CC2CC2)C(=O)OC(C)(C)C)CC1. The van der Waals surface area contributed by atoms with Gasteiger partial charge in [0, 0.05) is 51.9 Å². The van der Waals surface area contributed by atoms with Crippen molar-refractivity contribution in [1.29, 1.82) is 0 Å². The highest BCUT2D eigenvalue weighted by Crippen LogP contribution is 2.32. The van der Waals surface area contributed by atoms with Crippen molar-refractivity contribution in [2.75, 3.05) is 46.8 Å². The van der Waals surface area contributed by atoms with Crippen molar-refractivity contribution in [3.63, 3.8) is 0 Å². The lowest BCUT2D eigenvalue weighted by Crippen LogP contribution is -2.53. The number of hydrogen-bond acceptors (Lipinski definition) is 4. The number of aliphatic imine (C=N–C) groups is 1. The van der Waals surface area contributed by atoms with E-state index < -0.39 is 5.60 Å². The Labute approximate surface area is 177 Å². The minimum Gasteiger partial charge on any atom is -0.444 e. The van der Waals surface area contributed by atoms with E-state index in [0.29, 0.717) is 12.0 Å². The third-order valence-corrected chi connectivity index (χ3v) is 5.83. The highest BCUT2D eigenvalue weighted by atomic mass is 16.6. The van der Waals surface area contributed by atoms with E-state index >= 15 is 0 Å². The van der Waals surface area contributed by atoms with E-state index in [2.05, 4.69) is 41.0 Å². The number of nitrogens with zero attached hydrogens (tertiary/aromatic N) is 4. The monoisotopic (exact) mass is 409 g/mol. The van der Waals surface area contributed by atoms with Gasteiger partial charge in [-0.05, 0) is 73.3 Å². The molecule has 1 heterocycles. The molecule has 1 aliphatic heterocycles. The molecule has 2 aliphatic rings. The summed E-state index contributed by atoms with van der Waals surface area (Å²) in [6.07, 6.45) is 4.23. The number of guanidine groups is 1. The van der Waals surface area contributed by atoms with Crippen LogP contribution in [0.4, 0.5) is 4.79 Å². The summed E-state index contributed by atoms with van der Waals surface area (Å²) in [4.78, 5) is 23.9. The van der Waals surface area contributed by atoms with Crippen LogP contribution >= 0.6 is 0 Å². The van der Waals surface area contributed by atoms with Gasteiger partial charge in [0.05, 0.1) is 0 Å². The number of piperidine rings is 1. The number of hydrogen-bond donors (Lipinski definition) is 1. The summed E-state index contributed by atoms with van der Waals surface area (Å²) in [5, 5.41) is 3.49. The number of likely N-dealkylation sites (N-methyl/N-ethyl adjacent to an activating group) is 1. The molecule has 0 unspecified atom stereocenters. The van der Waals surface area contributed by atoms with Crippen molar-refractivity contribution >= 4 is 12.1 Å². The minimum absolute atomic E-state index is 0.151. The predicted octanol–water partition coefficient (Wildman–Crippen LogP) is 3.01. The van der Waals surface area contributed by atoms with E-state index in [1.54, 1.807) is 0 Å². The summed E-state index contributed by atoms with van der Waals surface area (Å²) in [5.74, 6) is 1.62.